The molecule has 4 heteroatoms. The highest BCUT2D eigenvalue weighted by atomic mass is 33.0. The van der Waals surface area contributed by atoms with E-state index in [1.165, 1.54) is 0 Å². The summed E-state index contributed by atoms with van der Waals surface area (Å²) in [6.45, 7) is 21.4. The van der Waals surface area contributed by atoms with E-state index < -0.39 is 6.64 Å². The predicted molar refractivity (Wildman–Crippen MR) is 139 cm³/mol. The Bertz CT molecular complexity index is 731. The minimum absolute atomic E-state index is 0.00207. The first-order valence-corrected chi connectivity index (χ1v) is 18.9. The van der Waals surface area contributed by atoms with E-state index >= 15 is 0 Å². The smallest absolute Gasteiger partial charge is 0.0620 e. The lowest BCUT2D eigenvalue weighted by Crippen LogP contribution is -2.36. The van der Waals surface area contributed by atoms with Crippen LogP contribution < -0.4 is 10.6 Å². The van der Waals surface area contributed by atoms with Crippen molar-refractivity contribution in [3.63, 3.8) is 0 Å². The average Bonchev–Trinajstić information content (AvgIpc) is 2.52. The van der Waals surface area contributed by atoms with Gasteiger partial charge in [0, 0.05) is 17.6 Å². The summed E-state index contributed by atoms with van der Waals surface area (Å²) in [6.07, 6.45) is 0. The Kier molecular flexibility index (Phi) is 6.27. The van der Waals surface area contributed by atoms with Crippen LogP contribution in [0.2, 0.25) is 0 Å². The normalized spacial score (nSPS) is 25.2. The molecule has 0 N–H and O–H groups in total. The largest absolute Gasteiger partial charge is 0.126 e. The minimum Gasteiger partial charge on any atom is -0.0620 e. The summed E-state index contributed by atoms with van der Waals surface area (Å²) in [4.78, 5) is 0. The van der Waals surface area contributed by atoms with Crippen molar-refractivity contribution in [1.29, 1.82) is 0 Å². The van der Waals surface area contributed by atoms with Gasteiger partial charge in [-0.05, 0) is 29.4 Å². The van der Waals surface area contributed by atoms with E-state index in [1.54, 1.807) is 10.6 Å². The van der Waals surface area contributed by atoms with Crippen LogP contribution in [0.1, 0.15) is 62.3 Å². The minimum atomic E-state index is -1.43. The topological polar surface area (TPSA) is 0 Å². The molecule has 2 aromatic rings. The monoisotopic (exact) mass is 449 g/mol. The van der Waals surface area contributed by atoms with Crippen LogP contribution in [0.15, 0.2) is 60.7 Å². The highest BCUT2D eigenvalue weighted by Gasteiger charge is 2.79. The zero-order valence-corrected chi connectivity index (χ0v) is 22.6. The van der Waals surface area contributed by atoms with Gasteiger partial charge in [-0.2, -0.15) is 0 Å². The van der Waals surface area contributed by atoms with Gasteiger partial charge in [-0.25, -0.2) is 0 Å². The van der Waals surface area contributed by atoms with Crippen molar-refractivity contribution >= 4 is 39.1 Å². The summed E-state index contributed by atoms with van der Waals surface area (Å²) >= 11 is 0. The molecule has 0 spiro atoms. The average molecular weight is 449 g/mol. The molecule has 1 fully saturated rings. The van der Waals surface area contributed by atoms with Crippen molar-refractivity contribution < 1.29 is 0 Å². The third-order valence-corrected chi connectivity index (χ3v) is 51.0. The van der Waals surface area contributed by atoms with Crippen molar-refractivity contribution in [1.82, 2.24) is 0 Å². The van der Waals surface area contributed by atoms with Crippen LogP contribution in [-0.4, -0.2) is 15.5 Å². The van der Waals surface area contributed by atoms with Crippen LogP contribution in [0.4, 0.5) is 0 Å². The second-order valence-corrected chi connectivity index (χ2v) is 33.2. The highest BCUT2D eigenvalue weighted by Crippen LogP contribution is 3.31. The van der Waals surface area contributed by atoms with Gasteiger partial charge in [0.05, 0.1) is 0 Å². The molecule has 1 aliphatic heterocycles. The fraction of sp³-hybridized carbons (Fsp3) is 0.500. The lowest BCUT2D eigenvalue weighted by Gasteiger charge is -2.64. The second kappa shape index (κ2) is 7.69. The van der Waals surface area contributed by atoms with E-state index in [1.807, 2.05) is 0 Å². The molecular formula is C24H37P4+. The molecule has 1 saturated heterocycles. The van der Waals surface area contributed by atoms with Gasteiger partial charge >= 0.3 is 0 Å². The fourth-order valence-corrected chi connectivity index (χ4v) is 67.7. The maximum absolute atomic E-state index is 2.54. The third-order valence-electron chi connectivity index (χ3n) is 4.94. The molecule has 0 aromatic heterocycles. The standard InChI is InChI=1S/C24H37P4/c1-22(2,3)25-26(23(4,5)6)28(27(25)24(7,8)9,20-16-12-10-13-17-20)21-18-14-11-15-19-21/h10-19H,1-9H3/q+1. The Morgan fingerprint density at radius 3 is 1.07 bits per heavy atom. The van der Waals surface area contributed by atoms with Gasteiger partial charge < -0.3 is 0 Å². The van der Waals surface area contributed by atoms with E-state index in [0.717, 1.165) is 0 Å². The molecule has 28 heavy (non-hydrogen) atoms. The van der Waals surface area contributed by atoms with E-state index in [9.17, 15) is 0 Å². The number of rotatable bonds is 2. The quantitative estimate of drug-likeness (QED) is 0.401. The van der Waals surface area contributed by atoms with Gasteiger partial charge in [0.15, 0.2) is 0 Å². The number of hydrogen-bond donors (Lipinski definition) is 0. The molecule has 0 radical (unpaired) electrons. The summed E-state index contributed by atoms with van der Waals surface area (Å²) in [6, 6.07) is 23.4. The number of benzene rings is 2. The molecule has 0 nitrogen and oxygen atoms in total. The lowest BCUT2D eigenvalue weighted by atomic mass is 10.3. The summed E-state index contributed by atoms with van der Waals surface area (Å²) in [5, 5.41) is 4.51. The molecule has 3 rings (SSSR count). The first kappa shape index (κ1) is 22.8. The zero-order valence-electron chi connectivity index (χ0n) is 19.1. The van der Waals surface area contributed by atoms with Crippen LogP contribution in [0, 0.1) is 0 Å². The van der Waals surface area contributed by atoms with Crippen LogP contribution in [0.5, 0.6) is 0 Å². The predicted octanol–water partition coefficient (Wildman–Crippen LogP) is 9.17. The van der Waals surface area contributed by atoms with Crippen LogP contribution >= 0.6 is 28.5 Å². The maximum atomic E-state index is 2.54. The zero-order chi connectivity index (χ0) is 21.0. The van der Waals surface area contributed by atoms with Gasteiger partial charge in [0.25, 0.3) is 0 Å². The molecule has 152 valence electrons. The SMILES string of the molecule is CC(C)(C)P1P(C(C)(C)C)[P+](c2ccccc2)(c2ccccc2)P1C(C)(C)C. The van der Waals surface area contributed by atoms with Crippen molar-refractivity contribution in [3.05, 3.63) is 60.7 Å². The molecule has 1 heterocycles. The Hall–Kier alpha value is 0.160. The van der Waals surface area contributed by atoms with Gasteiger partial charge in [0.2, 0.25) is 0 Å². The van der Waals surface area contributed by atoms with Gasteiger partial charge in [-0.1, -0.05) is 98.7 Å². The molecule has 0 bridgehead atoms. The summed E-state index contributed by atoms with van der Waals surface area (Å²) in [5.41, 5.74) is 0. The highest BCUT2D eigenvalue weighted by molar-refractivity contribution is 9.16. The fourth-order valence-electron chi connectivity index (χ4n) is 4.24. The van der Waals surface area contributed by atoms with Crippen LogP contribution in [-0.2, 0) is 0 Å². The van der Waals surface area contributed by atoms with E-state index in [2.05, 4.69) is 123 Å². The van der Waals surface area contributed by atoms with Crippen molar-refractivity contribution in [2.75, 3.05) is 0 Å². The Morgan fingerprint density at radius 2 is 0.821 bits per heavy atom. The number of hydrogen-bond acceptors (Lipinski definition) is 0. The van der Waals surface area contributed by atoms with Crippen molar-refractivity contribution in [3.8, 4) is 0 Å². The molecule has 0 aliphatic carbocycles. The maximum Gasteiger partial charge on any atom is 0.126 e. The van der Waals surface area contributed by atoms with E-state index in [0.29, 0.717) is 15.5 Å². The molecule has 0 saturated carbocycles. The van der Waals surface area contributed by atoms with Gasteiger partial charge in [0.1, 0.15) is 31.8 Å². The van der Waals surface area contributed by atoms with Crippen LogP contribution in [0.25, 0.3) is 0 Å². The van der Waals surface area contributed by atoms with Crippen molar-refractivity contribution in [2.45, 2.75) is 77.8 Å². The third kappa shape index (κ3) is 3.78. The molecule has 0 amide bonds. The summed E-state index contributed by atoms with van der Waals surface area (Å²) in [5.74, 6) is 0. The Labute approximate surface area is 177 Å². The molecule has 2 atom stereocenters. The summed E-state index contributed by atoms with van der Waals surface area (Å²) < 4.78 is 0. The van der Waals surface area contributed by atoms with Crippen molar-refractivity contribution in [2.24, 2.45) is 0 Å². The molecule has 2 aromatic carbocycles. The molecule has 1 aliphatic rings. The van der Waals surface area contributed by atoms with E-state index in [-0.39, 0.29) is 21.9 Å². The Morgan fingerprint density at radius 1 is 0.500 bits per heavy atom. The molecular weight excluding hydrogens is 412 g/mol. The van der Waals surface area contributed by atoms with Gasteiger partial charge in [-0.3, -0.25) is 0 Å². The first-order chi connectivity index (χ1) is 12.8. The molecule has 2 unspecified atom stereocenters. The lowest BCUT2D eigenvalue weighted by molar-refractivity contribution is 0.776. The summed E-state index contributed by atoms with van der Waals surface area (Å²) in [7, 11) is -0.177. The van der Waals surface area contributed by atoms with Crippen LogP contribution in [0.3, 0.4) is 0 Å². The second-order valence-electron chi connectivity index (χ2n) is 10.7. The van der Waals surface area contributed by atoms with E-state index in [4.69, 9.17) is 0 Å². The first-order valence-electron chi connectivity index (χ1n) is 10.2. The van der Waals surface area contributed by atoms with Gasteiger partial charge in [-0.15, -0.1) is 0 Å². The Balaban J connectivity index is 2.40.